The fourth-order valence-electron chi connectivity index (χ4n) is 1.87. The Balaban J connectivity index is 1.87. The predicted octanol–water partition coefficient (Wildman–Crippen LogP) is 1.56. The SMILES string of the molecule is OC1CCC1Nc1cnc2ccccc2n1. The average molecular weight is 215 g/mol. The minimum absolute atomic E-state index is 0.135. The Morgan fingerprint density at radius 3 is 2.69 bits per heavy atom. The third-order valence-electron chi connectivity index (χ3n) is 3.02. The molecule has 0 radical (unpaired) electrons. The molecule has 16 heavy (non-hydrogen) atoms. The van der Waals surface area contributed by atoms with Gasteiger partial charge in [0.05, 0.1) is 29.4 Å². The van der Waals surface area contributed by atoms with Crippen LogP contribution in [0.15, 0.2) is 30.5 Å². The number of nitrogens with one attached hydrogen (secondary N) is 1. The van der Waals surface area contributed by atoms with Crippen LogP contribution in [-0.4, -0.2) is 27.2 Å². The van der Waals surface area contributed by atoms with Crippen LogP contribution < -0.4 is 5.32 Å². The number of aliphatic hydroxyl groups is 1. The molecule has 1 aliphatic carbocycles. The summed E-state index contributed by atoms with van der Waals surface area (Å²) in [5, 5.41) is 12.7. The molecule has 4 heteroatoms. The Hall–Kier alpha value is -1.68. The number of anilines is 1. The highest BCUT2D eigenvalue weighted by Gasteiger charge is 2.28. The number of hydrogen-bond acceptors (Lipinski definition) is 4. The van der Waals surface area contributed by atoms with Crippen LogP contribution in [0, 0.1) is 0 Å². The second-order valence-corrected chi connectivity index (χ2v) is 4.14. The van der Waals surface area contributed by atoms with Gasteiger partial charge >= 0.3 is 0 Å². The number of hydrogen-bond donors (Lipinski definition) is 2. The van der Waals surface area contributed by atoms with Crippen molar-refractivity contribution in [2.24, 2.45) is 0 Å². The Morgan fingerprint density at radius 1 is 1.19 bits per heavy atom. The van der Waals surface area contributed by atoms with Crippen molar-refractivity contribution in [3.8, 4) is 0 Å². The third kappa shape index (κ3) is 1.61. The smallest absolute Gasteiger partial charge is 0.145 e. The molecule has 1 fully saturated rings. The Labute approximate surface area is 93.4 Å². The maximum absolute atomic E-state index is 9.47. The fraction of sp³-hybridized carbons (Fsp3) is 0.333. The molecular weight excluding hydrogens is 202 g/mol. The molecule has 1 saturated carbocycles. The van der Waals surface area contributed by atoms with Gasteiger partial charge in [-0.3, -0.25) is 4.98 Å². The van der Waals surface area contributed by atoms with Gasteiger partial charge in [0.1, 0.15) is 5.82 Å². The molecule has 3 rings (SSSR count). The monoisotopic (exact) mass is 215 g/mol. The second-order valence-electron chi connectivity index (χ2n) is 4.14. The standard InChI is InChI=1S/C12H13N3O/c16-11-6-5-10(11)15-12-7-13-8-3-1-2-4-9(8)14-12/h1-4,7,10-11,16H,5-6H2,(H,14,15). The van der Waals surface area contributed by atoms with Gasteiger partial charge in [0.25, 0.3) is 0 Å². The minimum atomic E-state index is -0.242. The minimum Gasteiger partial charge on any atom is -0.391 e. The summed E-state index contributed by atoms with van der Waals surface area (Å²) >= 11 is 0. The molecule has 0 spiro atoms. The highest BCUT2D eigenvalue weighted by Crippen LogP contribution is 2.23. The number of para-hydroxylation sites is 2. The van der Waals surface area contributed by atoms with Gasteiger partial charge < -0.3 is 10.4 Å². The first kappa shape index (κ1) is 9.54. The summed E-state index contributed by atoms with van der Waals surface area (Å²) in [5.74, 6) is 0.738. The maximum Gasteiger partial charge on any atom is 0.145 e. The van der Waals surface area contributed by atoms with E-state index in [0.29, 0.717) is 0 Å². The molecule has 1 aromatic heterocycles. The first-order chi connectivity index (χ1) is 7.83. The molecule has 1 aromatic carbocycles. The van der Waals surface area contributed by atoms with Gasteiger partial charge in [0.15, 0.2) is 0 Å². The molecule has 82 valence electrons. The first-order valence-corrected chi connectivity index (χ1v) is 5.49. The molecule has 4 nitrogen and oxygen atoms in total. The zero-order valence-electron chi connectivity index (χ0n) is 8.80. The van der Waals surface area contributed by atoms with E-state index in [0.717, 1.165) is 29.7 Å². The Bertz CT molecular complexity index is 514. The maximum atomic E-state index is 9.47. The molecule has 2 N–H and O–H groups in total. The predicted molar refractivity (Wildman–Crippen MR) is 62.2 cm³/mol. The van der Waals surface area contributed by atoms with Gasteiger partial charge in [-0.2, -0.15) is 0 Å². The van der Waals surface area contributed by atoms with Gasteiger partial charge in [-0.05, 0) is 25.0 Å². The molecule has 0 bridgehead atoms. The van der Waals surface area contributed by atoms with E-state index in [-0.39, 0.29) is 12.1 Å². The topological polar surface area (TPSA) is 58.0 Å². The molecule has 0 aliphatic heterocycles. The van der Waals surface area contributed by atoms with Crippen molar-refractivity contribution in [2.75, 3.05) is 5.32 Å². The molecule has 2 atom stereocenters. The summed E-state index contributed by atoms with van der Waals surface area (Å²) in [4.78, 5) is 8.76. The summed E-state index contributed by atoms with van der Waals surface area (Å²) in [6.45, 7) is 0. The summed E-state index contributed by atoms with van der Waals surface area (Å²) in [5.41, 5.74) is 1.77. The van der Waals surface area contributed by atoms with E-state index >= 15 is 0 Å². The van der Waals surface area contributed by atoms with Crippen molar-refractivity contribution in [1.29, 1.82) is 0 Å². The molecular formula is C12H13N3O. The molecule has 0 amide bonds. The lowest BCUT2D eigenvalue weighted by Gasteiger charge is -2.33. The first-order valence-electron chi connectivity index (χ1n) is 5.49. The zero-order chi connectivity index (χ0) is 11.0. The van der Waals surface area contributed by atoms with Crippen molar-refractivity contribution in [2.45, 2.75) is 25.0 Å². The van der Waals surface area contributed by atoms with E-state index in [4.69, 9.17) is 0 Å². The van der Waals surface area contributed by atoms with Crippen molar-refractivity contribution in [1.82, 2.24) is 9.97 Å². The summed E-state index contributed by atoms with van der Waals surface area (Å²) in [7, 11) is 0. The lowest BCUT2D eigenvalue weighted by molar-refractivity contribution is 0.0784. The largest absolute Gasteiger partial charge is 0.391 e. The van der Waals surface area contributed by atoms with E-state index < -0.39 is 0 Å². The zero-order valence-corrected chi connectivity index (χ0v) is 8.80. The average Bonchev–Trinajstić information content (AvgIpc) is 2.34. The van der Waals surface area contributed by atoms with Crippen LogP contribution in [0.4, 0.5) is 5.82 Å². The van der Waals surface area contributed by atoms with E-state index in [2.05, 4.69) is 15.3 Å². The van der Waals surface area contributed by atoms with Gasteiger partial charge in [-0.15, -0.1) is 0 Å². The van der Waals surface area contributed by atoms with E-state index in [1.54, 1.807) is 6.20 Å². The van der Waals surface area contributed by atoms with Crippen LogP contribution in [0.3, 0.4) is 0 Å². The molecule has 2 unspecified atom stereocenters. The van der Waals surface area contributed by atoms with Crippen molar-refractivity contribution in [3.63, 3.8) is 0 Å². The Morgan fingerprint density at radius 2 is 2.00 bits per heavy atom. The number of nitrogens with zero attached hydrogens (tertiary/aromatic N) is 2. The number of aromatic nitrogens is 2. The highest BCUT2D eigenvalue weighted by atomic mass is 16.3. The van der Waals surface area contributed by atoms with Crippen LogP contribution in [0.25, 0.3) is 11.0 Å². The summed E-state index contributed by atoms with van der Waals surface area (Å²) in [6, 6.07) is 7.89. The quantitative estimate of drug-likeness (QED) is 0.798. The van der Waals surface area contributed by atoms with Crippen LogP contribution in [0.2, 0.25) is 0 Å². The van der Waals surface area contributed by atoms with Gasteiger partial charge in [0, 0.05) is 0 Å². The lowest BCUT2D eigenvalue weighted by atomic mass is 9.89. The lowest BCUT2D eigenvalue weighted by Crippen LogP contribution is -2.42. The van der Waals surface area contributed by atoms with Crippen molar-refractivity contribution < 1.29 is 5.11 Å². The fourth-order valence-corrected chi connectivity index (χ4v) is 1.87. The van der Waals surface area contributed by atoms with Crippen LogP contribution >= 0.6 is 0 Å². The Kier molecular flexibility index (Phi) is 2.22. The van der Waals surface area contributed by atoms with Crippen LogP contribution in [-0.2, 0) is 0 Å². The third-order valence-corrected chi connectivity index (χ3v) is 3.02. The van der Waals surface area contributed by atoms with E-state index in [9.17, 15) is 5.11 Å². The number of fused-ring (bicyclic) bond motifs is 1. The van der Waals surface area contributed by atoms with Crippen LogP contribution in [0.5, 0.6) is 0 Å². The summed E-state index contributed by atoms with van der Waals surface area (Å²) in [6.07, 6.45) is 3.34. The van der Waals surface area contributed by atoms with Crippen molar-refractivity contribution in [3.05, 3.63) is 30.5 Å². The summed E-state index contributed by atoms with van der Waals surface area (Å²) < 4.78 is 0. The number of benzene rings is 1. The molecule has 2 aromatic rings. The highest BCUT2D eigenvalue weighted by molar-refractivity contribution is 5.75. The second kappa shape index (κ2) is 3.72. The number of rotatable bonds is 2. The van der Waals surface area contributed by atoms with E-state index in [1.807, 2.05) is 24.3 Å². The van der Waals surface area contributed by atoms with Crippen molar-refractivity contribution >= 4 is 16.9 Å². The normalized spacial score (nSPS) is 24.1. The van der Waals surface area contributed by atoms with Gasteiger partial charge in [-0.1, -0.05) is 12.1 Å². The molecule has 1 aliphatic rings. The number of aliphatic hydroxyl groups excluding tert-OH is 1. The van der Waals surface area contributed by atoms with Crippen LogP contribution in [0.1, 0.15) is 12.8 Å². The molecule has 0 saturated heterocycles. The van der Waals surface area contributed by atoms with E-state index in [1.165, 1.54) is 0 Å². The van der Waals surface area contributed by atoms with Gasteiger partial charge in [-0.25, -0.2) is 4.98 Å². The van der Waals surface area contributed by atoms with Gasteiger partial charge in [0.2, 0.25) is 0 Å². The molecule has 1 heterocycles.